The van der Waals surface area contributed by atoms with Crippen molar-refractivity contribution in [1.82, 2.24) is 30.1 Å². The number of aromatic nitrogens is 5. The van der Waals surface area contributed by atoms with Gasteiger partial charge in [0.15, 0.2) is 5.65 Å². The standard InChI is InChI=1S/C20H22N6O/c1-12-7-15(10-26-20(12)22-11-23-26)14-8-16-18(17(9-14)27-2)19(25-24-16)13-3-5-21-6-4-13/h7-11,13,21H,3-6H2,1-2H3,(H,24,25). The third-order valence-electron chi connectivity index (χ3n) is 5.49. The van der Waals surface area contributed by atoms with Gasteiger partial charge in [0.1, 0.15) is 12.1 Å². The van der Waals surface area contributed by atoms with Gasteiger partial charge in [0.05, 0.1) is 23.7 Å². The van der Waals surface area contributed by atoms with Gasteiger partial charge in [-0.25, -0.2) is 9.50 Å². The molecule has 7 heteroatoms. The summed E-state index contributed by atoms with van der Waals surface area (Å²) in [6.45, 7) is 4.13. The summed E-state index contributed by atoms with van der Waals surface area (Å²) in [7, 11) is 1.73. The number of ether oxygens (including phenoxy) is 1. The molecule has 0 amide bonds. The maximum absolute atomic E-state index is 5.77. The van der Waals surface area contributed by atoms with Crippen LogP contribution in [0.3, 0.4) is 0 Å². The second-order valence-electron chi connectivity index (χ2n) is 7.17. The Morgan fingerprint density at radius 1 is 1.15 bits per heavy atom. The van der Waals surface area contributed by atoms with E-state index in [0.717, 1.165) is 70.6 Å². The molecule has 0 aliphatic carbocycles. The van der Waals surface area contributed by atoms with E-state index in [1.54, 1.807) is 13.4 Å². The zero-order valence-corrected chi connectivity index (χ0v) is 15.5. The summed E-state index contributed by atoms with van der Waals surface area (Å²) in [4.78, 5) is 4.30. The van der Waals surface area contributed by atoms with Crippen molar-refractivity contribution in [1.29, 1.82) is 0 Å². The smallest absolute Gasteiger partial charge is 0.158 e. The minimum Gasteiger partial charge on any atom is -0.496 e. The highest BCUT2D eigenvalue weighted by molar-refractivity contribution is 5.92. The minimum absolute atomic E-state index is 0.466. The van der Waals surface area contributed by atoms with Crippen LogP contribution in [0.2, 0.25) is 0 Å². The van der Waals surface area contributed by atoms with Gasteiger partial charge in [0.2, 0.25) is 0 Å². The molecule has 0 spiro atoms. The highest BCUT2D eigenvalue weighted by Crippen LogP contribution is 2.38. The number of benzene rings is 1. The molecule has 1 saturated heterocycles. The van der Waals surface area contributed by atoms with Crippen LogP contribution in [0.5, 0.6) is 5.75 Å². The quantitative estimate of drug-likeness (QED) is 0.585. The first-order valence-electron chi connectivity index (χ1n) is 9.31. The monoisotopic (exact) mass is 362 g/mol. The third kappa shape index (κ3) is 2.66. The van der Waals surface area contributed by atoms with Gasteiger partial charge in [-0.05, 0) is 62.2 Å². The predicted molar refractivity (Wildman–Crippen MR) is 104 cm³/mol. The van der Waals surface area contributed by atoms with Gasteiger partial charge in [0.25, 0.3) is 0 Å². The number of nitrogens with one attached hydrogen (secondary N) is 2. The van der Waals surface area contributed by atoms with E-state index >= 15 is 0 Å². The molecule has 1 aliphatic rings. The highest BCUT2D eigenvalue weighted by Gasteiger charge is 2.23. The lowest BCUT2D eigenvalue weighted by Crippen LogP contribution is -2.26. The Morgan fingerprint density at radius 3 is 2.81 bits per heavy atom. The highest BCUT2D eigenvalue weighted by atomic mass is 16.5. The molecule has 0 unspecified atom stereocenters. The Bertz CT molecular complexity index is 1120. The normalized spacial score (nSPS) is 15.6. The number of fused-ring (bicyclic) bond motifs is 2. The number of hydrogen-bond donors (Lipinski definition) is 2. The second-order valence-corrected chi connectivity index (χ2v) is 7.17. The lowest BCUT2D eigenvalue weighted by molar-refractivity contribution is 0.417. The Labute approximate surface area is 156 Å². The topological polar surface area (TPSA) is 80.1 Å². The van der Waals surface area contributed by atoms with Crippen LogP contribution in [0, 0.1) is 6.92 Å². The molecule has 0 atom stereocenters. The average molecular weight is 362 g/mol. The van der Waals surface area contributed by atoms with Crippen molar-refractivity contribution in [3.63, 3.8) is 0 Å². The van der Waals surface area contributed by atoms with E-state index in [2.05, 4.69) is 50.7 Å². The van der Waals surface area contributed by atoms with E-state index in [0.29, 0.717) is 5.92 Å². The maximum atomic E-state index is 5.77. The fourth-order valence-electron chi connectivity index (χ4n) is 4.11. The van der Waals surface area contributed by atoms with Crippen molar-refractivity contribution in [3.05, 3.63) is 42.0 Å². The van der Waals surface area contributed by atoms with Crippen molar-refractivity contribution in [2.45, 2.75) is 25.7 Å². The van der Waals surface area contributed by atoms with E-state index in [9.17, 15) is 0 Å². The minimum atomic E-state index is 0.466. The van der Waals surface area contributed by atoms with Crippen LogP contribution < -0.4 is 10.1 Å². The van der Waals surface area contributed by atoms with Crippen molar-refractivity contribution in [2.75, 3.05) is 20.2 Å². The molecule has 1 fully saturated rings. The summed E-state index contributed by atoms with van der Waals surface area (Å²) in [6, 6.07) is 6.38. The van der Waals surface area contributed by atoms with E-state index in [4.69, 9.17) is 4.74 Å². The lowest BCUT2D eigenvalue weighted by Gasteiger charge is -2.21. The van der Waals surface area contributed by atoms with E-state index < -0.39 is 0 Å². The molecule has 0 saturated carbocycles. The number of aromatic amines is 1. The molecular weight excluding hydrogens is 340 g/mol. The fourth-order valence-corrected chi connectivity index (χ4v) is 4.11. The van der Waals surface area contributed by atoms with Crippen LogP contribution in [0.4, 0.5) is 0 Å². The first-order chi connectivity index (χ1) is 13.2. The van der Waals surface area contributed by atoms with Crippen LogP contribution >= 0.6 is 0 Å². The molecule has 0 radical (unpaired) electrons. The van der Waals surface area contributed by atoms with E-state index in [1.807, 2.05) is 10.7 Å². The molecule has 27 heavy (non-hydrogen) atoms. The van der Waals surface area contributed by atoms with Crippen LogP contribution in [0.15, 0.2) is 30.7 Å². The largest absolute Gasteiger partial charge is 0.496 e. The summed E-state index contributed by atoms with van der Waals surface area (Å²) in [5, 5.41) is 16.7. The first-order valence-corrected chi connectivity index (χ1v) is 9.31. The second kappa shape index (κ2) is 6.35. The van der Waals surface area contributed by atoms with Gasteiger partial charge in [-0.15, -0.1) is 0 Å². The summed E-state index contributed by atoms with van der Waals surface area (Å²) in [6.07, 6.45) is 5.79. The molecule has 3 aromatic heterocycles. The number of hydrogen-bond acceptors (Lipinski definition) is 5. The molecule has 5 rings (SSSR count). The predicted octanol–water partition coefficient (Wildman–Crippen LogP) is 3.06. The molecule has 2 N–H and O–H groups in total. The molecule has 1 aliphatic heterocycles. The Morgan fingerprint density at radius 2 is 2.00 bits per heavy atom. The van der Waals surface area contributed by atoms with E-state index in [1.165, 1.54) is 0 Å². The number of aryl methyl sites for hydroxylation is 1. The number of pyridine rings is 1. The van der Waals surface area contributed by atoms with Crippen LogP contribution in [0.25, 0.3) is 27.7 Å². The van der Waals surface area contributed by atoms with Gasteiger partial charge in [-0.1, -0.05) is 0 Å². The lowest BCUT2D eigenvalue weighted by atomic mass is 9.91. The molecule has 7 nitrogen and oxygen atoms in total. The van der Waals surface area contributed by atoms with Gasteiger partial charge < -0.3 is 10.1 Å². The Balaban J connectivity index is 1.65. The molecule has 138 valence electrons. The average Bonchev–Trinajstić information content (AvgIpc) is 3.35. The summed E-state index contributed by atoms with van der Waals surface area (Å²) in [5.41, 5.74) is 6.24. The number of piperidine rings is 1. The third-order valence-corrected chi connectivity index (χ3v) is 5.49. The van der Waals surface area contributed by atoms with Crippen LogP contribution in [-0.4, -0.2) is 45.0 Å². The fraction of sp³-hybridized carbons (Fsp3) is 0.350. The van der Waals surface area contributed by atoms with Gasteiger partial charge in [-0.3, -0.25) is 5.10 Å². The van der Waals surface area contributed by atoms with Crippen molar-refractivity contribution in [3.8, 4) is 16.9 Å². The Kier molecular flexibility index (Phi) is 3.82. The van der Waals surface area contributed by atoms with Crippen LogP contribution in [0.1, 0.15) is 30.0 Å². The Hall–Kier alpha value is -2.93. The van der Waals surface area contributed by atoms with Gasteiger partial charge >= 0.3 is 0 Å². The van der Waals surface area contributed by atoms with Crippen molar-refractivity contribution >= 4 is 16.6 Å². The number of rotatable bonds is 3. The molecule has 4 heterocycles. The zero-order valence-electron chi connectivity index (χ0n) is 15.5. The maximum Gasteiger partial charge on any atom is 0.158 e. The van der Waals surface area contributed by atoms with Crippen molar-refractivity contribution < 1.29 is 4.74 Å². The molecule has 4 aromatic rings. The van der Waals surface area contributed by atoms with Gasteiger partial charge in [-0.2, -0.15) is 10.2 Å². The molecular formula is C20H22N6O. The SMILES string of the molecule is COc1cc(-c2cc(C)c3ncnn3c2)cc2[nH]nc(C3CCNCC3)c12. The first kappa shape index (κ1) is 16.3. The van der Waals surface area contributed by atoms with E-state index in [-0.39, 0.29) is 0 Å². The molecule has 1 aromatic carbocycles. The number of methoxy groups -OCH3 is 1. The van der Waals surface area contributed by atoms with Gasteiger partial charge in [0, 0.05) is 17.7 Å². The van der Waals surface area contributed by atoms with Crippen LogP contribution in [-0.2, 0) is 0 Å². The summed E-state index contributed by atoms with van der Waals surface area (Å²) < 4.78 is 7.59. The summed E-state index contributed by atoms with van der Waals surface area (Å²) in [5.74, 6) is 1.33. The zero-order chi connectivity index (χ0) is 18.4. The number of nitrogens with zero attached hydrogens (tertiary/aromatic N) is 4. The number of H-pyrrole nitrogens is 1. The molecule has 0 bridgehead atoms. The van der Waals surface area contributed by atoms with Crippen molar-refractivity contribution in [2.24, 2.45) is 0 Å². The summed E-state index contributed by atoms with van der Waals surface area (Å²) >= 11 is 0.